The summed E-state index contributed by atoms with van der Waals surface area (Å²) in [6.45, 7) is 1.91. The molecule has 0 N–H and O–H groups in total. The Morgan fingerprint density at radius 3 is 2.34 bits per heavy atom. The maximum atomic E-state index is 12.8. The molecule has 2 heterocycles. The van der Waals surface area contributed by atoms with Gasteiger partial charge in [0.2, 0.25) is 0 Å². The van der Waals surface area contributed by atoms with Gasteiger partial charge in [0.15, 0.2) is 5.41 Å². The van der Waals surface area contributed by atoms with E-state index in [1.807, 2.05) is 31.2 Å². The van der Waals surface area contributed by atoms with Gasteiger partial charge < -0.3 is 9.47 Å². The van der Waals surface area contributed by atoms with Gasteiger partial charge in [-0.3, -0.25) is 14.6 Å². The largest absolute Gasteiger partial charge is 0.468 e. The Morgan fingerprint density at radius 2 is 1.72 bits per heavy atom. The van der Waals surface area contributed by atoms with E-state index in [2.05, 4.69) is 11.1 Å². The first-order valence-electron chi connectivity index (χ1n) is 10.1. The van der Waals surface area contributed by atoms with E-state index in [4.69, 9.17) is 14.5 Å². The zero-order valence-electron chi connectivity index (χ0n) is 18.0. The summed E-state index contributed by atoms with van der Waals surface area (Å²) in [4.78, 5) is 35.0. The smallest absolute Gasteiger partial charge is 0.323 e. The number of pyridine rings is 2. The zero-order chi connectivity index (χ0) is 22.9. The lowest BCUT2D eigenvalue weighted by Gasteiger charge is -2.22. The number of carbonyl (C=O) groups is 2. The molecular weight excluding hydrogens is 406 g/mol. The number of benzene rings is 1. The monoisotopic (exact) mass is 427 g/mol. The van der Waals surface area contributed by atoms with Crippen LogP contribution in [0.5, 0.6) is 0 Å². The fourth-order valence-electron chi connectivity index (χ4n) is 4.37. The SMILES string of the molecule is COC(=O)C1(C(=O)OC)Cc2c(-c3ccccn3)nc(-c3cccc(C#N)c3)c(C)c2C1. The van der Waals surface area contributed by atoms with Gasteiger partial charge >= 0.3 is 11.9 Å². The van der Waals surface area contributed by atoms with Crippen LogP contribution in [-0.4, -0.2) is 36.1 Å². The molecule has 0 atom stereocenters. The molecule has 0 bridgehead atoms. The fraction of sp³-hybridized carbons (Fsp3) is 0.240. The van der Waals surface area contributed by atoms with Gasteiger partial charge in [0.25, 0.3) is 0 Å². The number of hydrogen-bond acceptors (Lipinski definition) is 7. The number of rotatable bonds is 4. The summed E-state index contributed by atoms with van der Waals surface area (Å²) >= 11 is 0. The van der Waals surface area contributed by atoms with Crippen molar-refractivity contribution in [1.29, 1.82) is 5.26 Å². The lowest BCUT2D eigenvalue weighted by molar-refractivity contribution is -0.168. The molecule has 0 amide bonds. The number of hydrogen-bond donors (Lipinski definition) is 0. The van der Waals surface area contributed by atoms with Gasteiger partial charge in [0, 0.05) is 24.6 Å². The number of aromatic nitrogens is 2. The number of methoxy groups -OCH3 is 2. The standard InChI is InChI=1S/C25H21N3O4/c1-15-18-12-25(23(29)31-2,24(30)32-3)13-19(18)22(20-9-4-5-10-27-20)28-21(15)17-8-6-7-16(11-17)14-26/h4-11H,12-13H2,1-3H3. The van der Waals surface area contributed by atoms with Crippen LogP contribution in [0.25, 0.3) is 22.6 Å². The normalized spacial score (nSPS) is 13.7. The summed E-state index contributed by atoms with van der Waals surface area (Å²) in [6.07, 6.45) is 1.92. The molecule has 4 rings (SSSR count). The average Bonchev–Trinajstić information content (AvgIpc) is 3.26. The number of ether oxygens (including phenoxy) is 2. The van der Waals surface area contributed by atoms with Gasteiger partial charge in [-0.05, 0) is 47.9 Å². The van der Waals surface area contributed by atoms with Crippen molar-refractivity contribution in [2.24, 2.45) is 5.41 Å². The van der Waals surface area contributed by atoms with E-state index >= 15 is 0 Å². The van der Waals surface area contributed by atoms with E-state index in [9.17, 15) is 14.9 Å². The summed E-state index contributed by atoms with van der Waals surface area (Å²) < 4.78 is 10.0. The van der Waals surface area contributed by atoms with Crippen molar-refractivity contribution in [2.75, 3.05) is 14.2 Å². The van der Waals surface area contributed by atoms with E-state index in [-0.39, 0.29) is 12.8 Å². The summed E-state index contributed by atoms with van der Waals surface area (Å²) in [6, 6.07) is 14.8. The second-order valence-corrected chi connectivity index (χ2v) is 7.72. The molecule has 0 unspecified atom stereocenters. The number of esters is 2. The third-order valence-electron chi connectivity index (χ3n) is 5.96. The van der Waals surface area contributed by atoms with Gasteiger partial charge in [0.1, 0.15) is 0 Å². The average molecular weight is 427 g/mol. The van der Waals surface area contributed by atoms with Crippen LogP contribution in [-0.2, 0) is 31.9 Å². The summed E-state index contributed by atoms with van der Waals surface area (Å²) in [5.74, 6) is -1.28. The zero-order valence-corrected chi connectivity index (χ0v) is 18.0. The first-order valence-corrected chi connectivity index (χ1v) is 10.1. The fourth-order valence-corrected chi connectivity index (χ4v) is 4.37. The molecule has 1 aromatic carbocycles. The quantitative estimate of drug-likeness (QED) is 0.464. The van der Waals surface area contributed by atoms with Gasteiger partial charge in [0.05, 0.1) is 42.9 Å². The van der Waals surface area contributed by atoms with Crippen LogP contribution in [0.2, 0.25) is 0 Å². The predicted molar refractivity (Wildman–Crippen MR) is 116 cm³/mol. The first kappa shape index (κ1) is 21.2. The van der Waals surface area contributed by atoms with Crippen molar-refractivity contribution in [1.82, 2.24) is 9.97 Å². The van der Waals surface area contributed by atoms with Crippen LogP contribution in [0.15, 0.2) is 48.7 Å². The molecule has 0 saturated heterocycles. The Morgan fingerprint density at radius 1 is 1.00 bits per heavy atom. The highest BCUT2D eigenvalue weighted by Crippen LogP contribution is 2.45. The molecule has 7 nitrogen and oxygen atoms in total. The second kappa shape index (κ2) is 8.23. The minimum Gasteiger partial charge on any atom is -0.468 e. The Hall–Kier alpha value is -4.05. The lowest BCUT2D eigenvalue weighted by Crippen LogP contribution is -2.42. The van der Waals surface area contributed by atoms with Crippen molar-refractivity contribution in [3.05, 3.63) is 70.9 Å². The van der Waals surface area contributed by atoms with Crippen LogP contribution < -0.4 is 0 Å². The minimum atomic E-state index is -1.48. The van der Waals surface area contributed by atoms with Gasteiger partial charge in [-0.15, -0.1) is 0 Å². The van der Waals surface area contributed by atoms with E-state index in [1.165, 1.54) is 14.2 Å². The number of nitrogens with zero attached hydrogens (tertiary/aromatic N) is 3. The van der Waals surface area contributed by atoms with Crippen molar-refractivity contribution >= 4 is 11.9 Å². The van der Waals surface area contributed by atoms with Crippen molar-refractivity contribution < 1.29 is 19.1 Å². The Balaban J connectivity index is 1.99. The summed E-state index contributed by atoms with van der Waals surface area (Å²) in [7, 11) is 2.53. The third-order valence-corrected chi connectivity index (χ3v) is 5.96. The maximum absolute atomic E-state index is 12.8. The molecule has 0 fully saturated rings. The summed E-state index contributed by atoms with van der Waals surface area (Å²) in [5, 5.41) is 9.33. The van der Waals surface area contributed by atoms with Crippen LogP contribution >= 0.6 is 0 Å². The van der Waals surface area contributed by atoms with E-state index in [1.54, 1.807) is 24.4 Å². The van der Waals surface area contributed by atoms with E-state index in [0.29, 0.717) is 22.6 Å². The maximum Gasteiger partial charge on any atom is 0.323 e. The molecule has 1 aliphatic carbocycles. The van der Waals surface area contributed by atoms with Crippen LogP contribution in [0.4, 0.5) is 0 Å². The molecule has 7 heteroatoms. The molecule has 160 valence electrons. The molecular formula is C25H21N3O4. The van der Waals surface area contributed by atoms with E-state index in [0.717, 1.165) is 22.3 Å². The van der Waals surface area contributed by atoms with Gasteiger partial charge in [-0.25, -0.2) is 4.98 Å². The minimum absolute atomic E-state index is 0.111. The summed E-state index contributed by atoms with van der Waals surface area (Å²) in [5.41, 5.74) is 4.17. The highest BCUT2D eigenvalue weighted by molar-refractivity contribution is 6.02. The van der Waals surface area contributed by atoms with Crippen molar-refractivity contribution in [3.8, 4) is 28.7 Å². The molecule has 0 radical (unpaired) electrons. The number of nitriles is 1. The molecule has 3 aromatic rings. The molecule has 32 heavy (non-hydrogen) atoms. The van der Waals surface area contributed by atoms with Crippen molar-refractivity contribution in [2.45, 2.75) is 19.8 Å². The molecule has 0 spiro atoms. The molecule has 2 aromatic heterocycles. The van der Waals surface area contributed by atoms with Gasteiger partial charge in [-0.1, -0.05) is 18.2 Å². The highest BCUT2D eigenvalue weighted by Gasteiger charge is 2.54. The Bertz CT molecular complexity index is 1250. The van der Waals surface area contributed by atoms with Gasteiger partial charge in [-0.2, -0.15) is 5.26 Å². The number of carbonyl (C=O) groups excluding carboxylic acids is 2. The molecule has 0 saturated carbocycles. The molecule has 0 aliphatic heterocycles. The lowest BCUT2D eigenvalue weighted by atomic mass is 9.84. The van der Waals surface area contributed by atoms with Crippen LogP contribution in [0.1, 0.15) is 22.3 Å². The number of fused-ring (bicyclic) bond motifs is 1. The van der Waals surface area contributed by atoms with Crippen LogP contribution in [0.3, 0.4) is 0 Å². The third kappa shape index (κ3) is 3.30. The Kier molecular flexibility index (Phi) is 5.45. The van der Waals surface area contributed by atoms with E-state index < -0.39 is 17.4 Å². The topological polar surface area (TPSA) is 102 Å². The van der Waals surface area contributed by atoms with Crippen molar-refractivity contribution in [3.63, 3.8) is 0 Å². The van der Waals surface area contributed by atoms with Crippen LogP contribution in [0, 0.1) is 23.7 Å². The first-order chi connectivity index (χ1) is 15.4. The second-order valence-electron chi connectivity index (χ2n) is 7.72. The molecule has 1 aliphatic rings. The predicted octanol–water partition coefficient (Wildman–Crippen LogP) is 3.42. The Labute approximate surface area is 185 Å². The highest BCUT2D eigenvalue weighted by atomic mass is 16.5.